The van der Waals surface area contributed by atoms with Gasteiger partial charge in [0.05, 0.1) is 21.7 Å². The molecule has 3 aromatic rings. The lowest BCUT2D eigenvalue weighted by atomic mass is 10.2. The molecule has 0 atom stereocenters. The van der Waals surface area contributed by atoms with Gasteiger partial charge in [0.25, 0.3) is 5.56 Å². The van der Waals surface area contributed by atoms with Crippen LogP contribution < -0.4 is 5.56 Å². The Morgan fingerprint density at radius 1 is 1.17 bits per heavy atom. The maximum absolute atomic E-state index is 12.4. The van der Waals surface area contributed by atoms with Crippen molar-refractivity contribution < 1.29 is 8.42 Å². The van der Waals surface area contributed by atoms with Crippen molar-refractivity contribution in [3.05, 3.63) is 46.1 Å². The summed E-state index contributed by atoms with van der Waals surface area (Å²) in [6.07, 6.45) is 1.68. The summed E-state index contributed by atoms with van der Waals surface area (Å²) in [6.45, 7) is 4.76. The summed E-state index contributed by atoms with van der Waals surface area (Å²) in [7, 11) is -0.507. The Morgan fingerprint density at radius 3 is 2.59 bits per heavy atom. The topological polar surface area (TPSA) is 101 Å². The number of aryl methyl sites for hydroxylation is 2. The van der Waals surface area contributed by atoms with Crippen LogP contribution in [0, 0.1) is 0 Å². The van der Waals surface area contributed by atoms with Gasteiger partial charge >= 0.3 is 0 Å². The van der Waals surface area contributed by atoms with Crippen molar-refractivity contribution in [2.75, 3.05) is 14.1 Å². The number of aromatic nitrogens is 4. The van der Waals surface area contributed by atoms with E-state index < -0.39 is 10.0 Å². The molecule has 1 N–H and O–H groups in total. The lowest BCUT2D eigenvalue weighted by molar-refractivity contribution is 0.521. The first-order chi connectivity index (χ1) is 13.8. The zero-order valence-electron chi connectivity index (χ0n) is 17.0. The van der Waals surface area contributed by atoms with E-state index in [4.69, 9.17) is 0 Å². The second kappa shape index (κ2) is 8.68. The van der Waals surface area contributed by atoms with Gasteiger partial charge in [-0.15, -0.1) is 0 Å². The van der Waals surface area contributed by atoms with Gasteiger partial charge in [-0.05, 0) is 31.5 Å². The van der Waals surface area contributed by atoms with Gasteiger partial charge in [-0.25, -0.2) is 22.7 Å². The Kier molecular flexibility index (Phi) is 6.45. The third-order valence-corrected chi connectivity index (χ3v) is 7.19. The normalized spacial score (nSPS) is 12.2. The molecule has 0 aliphatic carbocycles. The van der Waals surface area contributed by atoms with Gasteiger partial charge in [0.15, 0.2) is 5.16 Å². The molecule has 0 saturated heterocycles. The predicted molar refractivity (Wildman–Crippen MR) is 115 cm³/mol. The van der Waals surface area contributed by atoms with Crippen molar-refractivity contribution in [1.29, 1.82) is 0 Å². The Labute approximate surface area is 174 Å². The number of nitrogens with one attached hydrogen (secondary N) is 1. The highest BCUT2D eigenvalue weighted by molar-refractivity contribution is 7.98. The van der Waals surface area contributed by atoms with Crippen LogP contribution in [-0.4, -0.2) is 46.3 Å². The number of thioether (sulfide) groups is 1. The quantitative estimate of drug-likeness (QED) is 0.431. The summed E-state index contributed by atoms with van der Waals surface area (Å²) in [5.74, 6) is 1.31. The van der Waals surface area contributed by atoms with Crippen LogP contribution >= 0.6 is 11.8 Å². The molecule has 0 amide bonds. The highest BCUT2D eigenvalue weighted by Gasteiger charge is 2.19. The number of aromatic amines is 1. The SMILES string of the molecule is CCCc1cc(=O)[nH]c(SCc2nc3cc(S(=O)(=O)N(C)C)ccc3n2CC)n1. The fraction of sp³-hybridized carbons (Fsp3) is 0.421. The van der Waals surface area contributed by atoms with Crippen LogP contribution in [-0.2, 0) is 28.7 Å². The summed E-state index contributed by atoms with van der Waals surface area (Å²) in [4.78, 5) is 24.0. The van der Waals surface area contributed by atoms with Gasteiger partial charge < -0.3 is 9.55 Å². The minimum atomic E-state index is -3.52. The van der Waals surface area contributed by atoms with E-state index in [-0.39, 0.29) is 10.5 Å². The minimum absolute atomic E-state index is 0.159. The van der Waals surface area contributed by atoms with E-state index in [1.165, 1.54) is 36.2 Å². The zero-order chi connectivity index (χ0) is 21.2. The van der Waals surface area contributed by atoms with Gasteiger partial charge in [-0.3, -0.25) is 4.79 Å². The molecule has 3 rings (SSSR count). The monoisotopic (exact) mass is 435 g/mol. The number of benzene rings is 1. The average molecular weight is 436 g/mol. The maximum atomic E-state index is 12.4. The predicted octanol–water partition coefficient (Wildman–Crippen LogP) is 2.63. The highest BCUT2D eigenvalue weighted by atomic mass is 32.2. The Balaban J connectivity index is 1.93. The lowest BCUT2D eigenvalue weighted by Gasteiger charge is -2.11. The van der Waals surface area contributed by atoms with E-state index in [2.05, 4.69) is 15.0 Å². The van der Waals surface area contributed by atoms with E-state index in [9.17, 15) is 13.2 Å². The molecule has 29 heavy (non-hydrogen) atoms. The standard InChI is InChI=1S/C19H25N5O3S2/c1-5-7-13-10-18(25)22-19(20-13)28-12-17-21-15-11-14(29(26,27)23(3)4)8-9-16(15)24(17)6-2/h8-11H,5-7,12H2,1-4H3,(H,20,22,25). The van der Waals surface area contributed by atoms with Crippen molar-refractivity contribution in [3.8, 4) is 0 Å². The summed E-state index contributed by atoms with van der Waals surface area (Å²) >= 11 is 1.41. The molecule has 0 radical (unpaired) electrons. The largest absolute Gasteiger partial charge is 0.328 e. The molecule has 1 aromatic carbocycles. The maximum Gasteiger partial charge on any atom is 0.251 e. The number of hydrogen-bond acceptors (Lipinski definition) is 6. The van der Waals surface area contributed by atoms with Gasteiger partial charge in [-0.1, -0.05) is 25.1 Å². The third kappa shape index (κ3) is 4.54. The molecular formula is C19H25N5O3S2. The molecule has 0 aliphatic heterocycles. The Bertz CT molecular complexity index is 1180. The fourth-order valence-electron chi connectivity index (χ4n) is 3.06. The number of hydrogen-bond donors (Lipinski definition) is 1. The second-order valence-corrected chi connectivity index (χ2v) is 9.91. The van der Waals surface area contributed by atoms with Gasteiger partial charge in [0.1, 0.15) is 5.82 Å². The van der Waals surface area contributed by atoms with Crippen molar-refractivity contribution in [2.45, 2.75) is 49.0 Å². The first-order valence-electron chi connectivity index (χ1n) is 9.41. The molecule has 0 spiro atoms. The summed E-state index contributed by atoms with van der Waals surface area (Å²) < 4.78 is 28.1. The van der Waals surface area contributed by atoms with E-state index in [1.54, 1.807) is 18.2 Å². The summed E-state index contributed by atoms with van der Waals surface area (Å²) in [5, 5.41) is 0.562. The van der Waals surface area contributed by atoms with E-state index >= 15 is 0 Å². The van der Waals surface area contributed by atoms with E-state index in [0.717, 1.165) is 29.9 Å². The molecule has 156 valence electrons. The fourth-order valence-corrected chi connectivity index (χ4v) is 4.83. The van der Waals surface area contributed by atoms with Crippen LogP contribution in [0.25, 0.3) is 11.0 Å². The van der Waals surface area contributed by atoms with Crippen LogP contribution in [0.3, 0.4) is 0 Å². The summed E-state index contributed by atoms with van der Waals surface area (Å²) in [6, 6.07) is 6.53. The zero-order valence-corrected chi connectivity index (χ0v) is 18.6. The smallest absolute Gasteiger partial charge is 0.251 e. The molecule has 0 unspecified atom stereocenters. The minimum Gasteiger partial charge on any atom is -0.328 e. The number of rotatable bonds is 8. The van der Waals surface area contributed by atoms with Crippen molar-refractivity contribution in [1.82, 2.24) is 23.8 Å². The number of nitrogens with zero attached hydrogens (tertiary/aromatic N) is 4. The number of fused-ring (bicyclic) bond motifs is 1. The molecule has 0 aliphatic rings. The highest BCUT2D eigenvalue weighted by Crippen LogP contribution is 2.25. The average Bonchev–Trinajstić information content (AvgIpc) is 3.02. The van der Waals surface area contributed by atoms with Crippen LogP contribution in [0.4, 0.5) is 0 Å². The molecule has 2 heterocycles. The molecule has 8 nitrogen and oxygen atoms in total. The molecule has 0 bridgehead atoms. The Morgan fingerprint density at radius 2 is 1.93 bits per heavy atom. The number of imidazole rings is 1. The molecule has 0 fully saturated rings. The van der Waals surface area contributed by atoms with E-state index in [0.29, 0.717) is 23.0 Å². The van der Waals surface area contributed by atoms with E-state index in [1.807, 2.05) is 18.4 Å². The first kappa shape index (κ1) is 21.5. The Hall–Kier alpha value is -2.17. The number of H-pyrrole nitrogens is 1. The lowest BCUT2D eigenvalue weighted by Crippen LogP contribution is -2.22. The molecule has 2 aromatic heterocycles. The third-order valence-electron chi connectivity index (χ3n) is 4.51. The first-order valence-corrected chi connectivity index (χ1v) is 11.8. The van der Waals surface area contributed by atoms with Crippen LogP contribution in [0.5, 0.6) is 0 Å². The van der Waals surface area contributed by atoms with Gasteiger partial charge in [-0.2, -0.15) is 0 Å². The molecule has 10 heteroatoms. The summed E-state index contributed by atoms with van der Waals surface area (Å²) in [5.41, 5.74) is 2.13. The second-order valence-electron chi connectivity index (χ2n) is 6.79. The van der Waals surface area contributed by atoms with Crippen molar-refractivity contribution in [3.63, 3.8) is 0 Å². The van der Waals surface area contributed by atoms with Crippen LogP contribution in [0.2, 0.25) is 0 Å². The number of sulfonamides is 1. The van der Waals surface area contributed by atoms with Crippen molar-refractivity contribution in [2.24, 2.45) is 0 Å². The van der Waals surface area contributed by atoms with Crippen LogP contribution in [0.1, 0.15) is 31.8 Å². The van der Waals surface area contributed by atoms with Crippen LogP contribution in [0.15, 0.2) is 39.1 Å². The molecule has 0 saturated carbocycles. The van der Waals surface area contributed by atoms with Gasteiger partial charge in [0, 0.05) is 32.4 Å². The van der Waals surface area contributed by atoms with Crippen molar-refractivity contribution >= 4 is 32.8 Å². The van der Waals surface area contributed by atoms with Gasteiger partial charge in [0.2, 0.25) is 10.0 Å². The molecular weight excluding hydrogens is 410 g/mol.